The summed E-state index contributed by atoms with van der Waals surface area (Å²) in [7, 11) is 1.83. The molecule has 0 saturated heterocycles. The van der Waals surface area contributed by atoms with Crippen molar-refractivity contribution in [3.05, 3.63) is 58.9 Å². The number of aryl methyl sites for hydroxylation is 2. The number of rotatable bonds is 5. The molecule has 2 amide bonds. The largest absolute Gasteiger partial charge is 0.327 e. The second-order valence-electron chi connectivity index (χ2n) is 7.49. The summed E-state index contributed by atoms with van der Waals surface area (Å²) in [4.78, 5) is 18.9. The van der Waals surface area contributed by atoms with Crippen LogP contribution in [0.5, 0.6) is 0 Å². The first-order valence-electron chi connectivity index (χ1n) is 9.62. The summed E-state index contributed by atoms with van der Waals surface area (Å²) < 4.78 is 0. The van der Waals surface area contributed by atoms with E-state index >= 15 is 0 Å². The first kappa shape index (κ1) is 18.4. The predicted molar refractivity (Wildman–Crippen MR) is 107 cm³/mol. The quantitative estimate of drug-likeness (QED) is 0.842. The van der Waals surface area contributed by atoms with Crippen LogP contribution in [0.1, 0.15) is 55.1 Å². The molecule has 0 radical (unpaired) electrons. The van der Waals surface area contributed by atoms with Gasteiger partial charge in [0.15, 0.2) is 0 Å². The molecule has 26 heavy (non-hydrogen) atoms. The van der Waals surface area contributed by atoms with E-state index in [1.807, 2.05) is 19.2 Å². The number of carbonyl (C=O) groups is 1. The zero-order valence-corrected chi connectivity index (χ0v) is 16.1. The minimum absolute atomic E-state index is 0.0831. The van der Waals surface area contributed by atoms with Crippen molar-refractivity contribution in [3.63, 3.8) is 0 Å². The molecule has 0 atom stereocenters. The molecule has 0 saturated carbocycles. The van der Waals surface area contributed by atoms with Gasteiger partial charge in [-0.15, -0.1) is 0 Å². The number of fused-ring (bicyclic) bond motifs is 1. The molecule has 0 fully saturated rings. The number of carbonyl (C=O) groups excluding carboxylic acids is 1. The Morgan fingerprint density at radius 3 is 2.58 bits per heavy atom. The molecule has 0 aliphatic heterocycles. The minimum Gasteiger partial charge on any atom is -0.327 e. The van der Waals surface area contributed by atoms with Crippen LogP contribution in [0.15, 0.2) is 36.4 Å². The molecule has 1 heterocycles. The van der Waals surface area contributed by atoms with Crippen molar-refractivity contribution in [3.8, 4) is 0 Å². The number of amides is 2. The van der Waals surface area contributed by atoms with Gasteiger partial charge in [-0.25, -0.2) is 4.79 Å². The van der Waals surface area contributed by atoms with Crippen molar-refractivity contribution in [1.29, 1.82) is 0 Å². The van der Waals surface area contributed by atoms with E-state index in [2.05, 4.69) is 43.4 Å². The number of nitrogens with zero attached hydrogens (tertiary/aromatic N) is 2. The lowest BCUT2D eigenvalue weighted by molar-refractivity contribution is 0.223. The van der Waals surface area contributed by atoms with Gasteiger partial charge in [-0.1, -0.05) is 32.0 Å². The highest BCUT2D eigenvalue weighted by Gasteiger charge is 2.13. The summed E-state index contributed by atoms with van der Waals surface area (Å²) in [5.74, 6) is 0.492. The number of hydrogen-bond donors (Lipinski definition) is 1. The third-order valence-electron chi connectivity index (χ3n) is 5.11. The monoisotopic (exact) mass is 351 g/mol. The van der Waals surface area contributed by atoms with Crippen LogP contribution >= 0.6 is 0 Å². The second-order valence-corrected chi connectivity index (χ2v) is 7.49. The van der Waals surface area contributed by atoms with E-state index in [0.29, 0.717) is 12.5 Å². The molecule has 0 bridgehead atoms. The second kappa shape index (κ2) is 8.35. The zero-order chi connectivity index (χ0) is 18.5. The van der Waals surface area contributed by atoms with Gasteiger partial charge in [0.25, 0.3) is 0 Å². The summed E-state index contributed by atoms with van der Waals surface area (Å²) >= 11 is 0. The number of urea groups is 1. The Bertz CT molecular complexity index is 752. The smallest absolute Gasteiger partial charge is 0.321 e. The molecule has 2 aromatic rings. The molecule has 1 aliphatic rings. The SMILES string of the molecule is CC(C)c1ccc(NC(=O)N(C)CCc2ccc3c(n2)CCCC3)cc1. The summed E-state index contributed by atoms with van der Waals surface area (Å²) in [6, 6.07) is 12.3. The fraction of sp³-hybridized carbons (Fsp3) is 0.455. The van der Waals surface area contributed by atoms with Crippen molar-refractivity contribution < 1.29 is 4.79 Å². The van der Waals surface area contributed by atoms with E-state index in [0.717, 1.165) is 30.6 Å². The maximum absolute atomic E-state index is 12.4. The maximum atomic E-state index is 12.4. The molecule has 3 rings (SSSR count). The molecular weight excluding hydrogens is 322 g/mol. The Morgan fingerprint density at radius 2 is 1.85 bits per heavy atom. The summed E-state index contributed by atoms with van der Waals surface area (Å²) in [5.41, 5.74) is 5.83. The van der Waals surface area contributed by atoms with Gasteiger partial charge in [0.1, 0.15) is 0 Å². The van der Waals surface area contributed by atoms with Crippen LogP contribution in [0.4, 0.5) is 10.5 Å². The van der Waals surface area contributed by atoms with Crippen molar-refractivity contribution in [2.75, 3.05) is 18.9 Å². The number of benzene rings is 1. The van der Waals surface area contributed by atoms with Crippen LogP contribution in [0.2, 0.25) is 0 Å². The van der Waals surface area contributed by atoms with E-state index < -0.39 is 0 Å². The van der Waals surface area contributed by atoms with Gasteiger partial charge in [-0.2, -0.15) is 0 Å². The molecule has 138 valence electrons. The highest BCUT2D eigenvalue weighted by atomic mass is 16.2. The van der Waals surface area contributed by atoms with Crippen LogP contribution in [0, 0.1) is 0 Å². The summed E-state index contributed by atoms with van der Waals surface area (Å²) in [5, 5.41) is 2.96. The fourth-order valence-electron chi connectivity index (χ4n) is 3.32. The Labute approximate surface area is 156 Å². The van der Waals surface area contributed by atoms with Gasteiger partial charge in [0.05, 0.1) is 0 Å². The Hall–Kier alpha value is -2.36. The standard InChI is InChI=1S/C22H29N3O/c1-16(2)17-8-11-19(12-9-17)24-22(26)25(3)15-14-20-13-10-18-6-4-5-7-21(18)23-20/h8-13,16H,4-7,14-15H2,1-3H3,(H,24,26). The van der Waals surface area contributed by atoms with Gasteiger partial charge in [0, 0.05) is 37.1 Å². The van der Waals surface area contributed by atoms with Crippen molar-refractivity contribution >= 4 is 11.7 Å². The summed E-state index contributed by atoms with van der Waals surface area (Å²) in [6.07, 6.45) is 5.53. The Morgan fingerprint density at radius 1 is 1.12 bits per heavy atom. The molecular formula is C22H29N3O. The minimum atomic E-state index is -0.0831. The number of nitrogens with one attached hydrogen (secondary N) is 1. The van der Waals surface area contributed by atoms with Gasteiger partial charge in [-0.05, 0) is 60.9 Å². The highest BCUT2D eigenvalue weighted by molar-refractivity contribution is 5.89. The molecule has 1 aliphatic carbocycles. The van der Waals surface area contributed by atoms with E-state index in [9.17, 15) is 4.79 Å². The lowest BCUT2D eigenvalue weighted by atomic mass is 9.96. The molecule has 1 N–H and O–H groups in total. The van der Waals surface area contributed by atoms with Gasteiger partial charge < -0.3 is 10.2 Å². The lowest BCUT2D eigenvalue weighted by Gasteiger charge is -2.19. The topological polar surface area (TPSA) is 45.2 Å². The molecule has 0 spiro atoms. The number of pyridine rings is 1. The van der Waals surface area contributed by atoms with Gasteiger partial charge in [0.2, 0.25) is 0 Å². The third kappa shape index (κ3) is 4.63. The van der Waals surface area contributed by atoms with Gasteiger partial charge >= 0.3 is 6.03 Å². The van der Waals surface area contributed by atoms with E-state index in [1.165, 1.54) is 29.7 Å². The fourth-order valence-corrected chi connectivity index (χ4v) is 3.32. The first-order chi connectivity index (χ1) is 12.5. The lowest BCUT2D eigenvalue weighted by Crippen LogP contribution is -2.33. The zero-order valence-electron chi connectivity index (χ0n) is 16.1. The number of anilines is 1. The predicted octanol–water partition coefficient (Wildman–Crippen LogP) is 4.79. The molecule has 1 aromatic heterocycles. The number of hydrogen-bond acceptors (Lipinski definition) is 2. The third-order valence-corrected chi connectivity index (χ3v) is 5.11. The average Bonchev–Trinajstić information content (AvgIpc) is 2.66. The Balaban J connectivity index is 1.52. The van der Waals surface area contributed by atoms with Crippen LogP contribution in [0.25, 0.3) is 0 Å². The Kier molecular flexibility index (Phi) is 5.92. The maximum Gasteiger partial charge on any atom is 0.321 e. The van der Waals surface area contributed by atoms with Crippen molar-refractivity contribution in [2.24, 2.45) is 0 Å². The van der Waals surface area contributed by atoms with Crippen LogP contribution < -0.4 is 5.32 Å². The van der Waals surface area contributed by atoms with E-state index in [1.54, 1.807) is 4.90 Å². The van der Waals surface area contributed by atoms with Crippen LogP contribution in [0.3, 0.4) is 0 Å². The normalized spacial score (nSPS) is 13.4. The van der Waals surface area contributed by atoms with Crippen molar-refractivity contribution in [1.82, 2.24) is 9.88 Å². The highest BCUT2D eigenvalue weighted by Crippen LogP contribution is 2.20. The number of likely N-dealkylation sites (N-methyl/N-ethyl adjacent to an activating group) is 1. The molecule has 0 unspecified atom stereocenters. The van der Waals surface area contributed by atoms with E-state index in [-0.39, 0.29) is 6.03 Å². The average molecular weight is 351 g/mol. The number of aromatic nitrogens is 1. The van der Waals surface area contributed by atoms with Gasteiger partial charge in [-0.3, -0.25) is 4.98 Å². The summed E-state index contributed by atoms with van der Waals surface area (Å²) in [6.45, 7) is 4.98. The first-order valence-corrected chi connectivity index (χ1v) is 9.62. The van der Waals surface area contributed by atoms with Crippen LogP contribution in [-0.4, -0.2) is 29.5 Å². The van der Waals surface area contributed by atoms with Crippen LogP contribution in [-0.2, 0) is 19.3 Å². The molecule has 1 aromatic carbocycles. The van der Waals surface area contributed by atoms with Crippen molar-refractivity contribution in [2.45, 2.75) is 51.9 Å². The molecule has 4 heteroatoms. The molecule has 4 nitrogen and oxygen atoms in total. The van der Waals surface area contributed by atoms with E-state index in [4.69, 9.17) is 4.98 Å².